The van der Waals surface area contributed by atoms with E-state index in [1.54, 1.807) is 31.5 Å². The Balaban J connectivity index is 1.48. The van der Waals surface area contributed by atoms with Crippen molar-refractivity contribution in [3.63, 3.8) is 0 Å². The van der Waals surface area contributed by atoms with Crippen LogP contribution in [0.25, 0.3) is 33.5 Å². The average molecular weight is 419 g/mol. The molecule has 4 aromatic rings. The minimum absolute atomic E-state index is 0.236. The molecule has 0 unspecified atom stereocenters. The van der Waals surface area contributed by atoms with Crippen LogP contribution in [0.2, 0.25) is 0 Å². The van der Waals surface area contributed by atoms with Crippen molar-refractivity contribution in [1.82, 2.24) is 29.5 Å². The van der Waals surface area contributed by atoms with Crippen LogP contribution >= 0.6 is 0 Å². The van der Waals surface area contributed by atoms with Gasteiger partial charge in [-0.3, -0.25) is 0 Å². The highest BCUT2D eigenvalue weighted by Crippen LogP contribution is 2.38. The van der Waals surface area contributed by atoms with E-state index >= 15 is 0 Å². The van der Waals surface area contributed by atoms with Crippen LogP contribution in [0.15, 0.2) is 24.5 Å². The van der Waals surface area contributed by atoms with Crippen LogP contribution in [0.5, 0.6) is 0 Å². The van der Waals surface area contributed by atoms with E-state index in [1.165, 1.54) is 4.57 Å². The number of rotatable bonds is 5. The molecule has 4 aromatic heterocycles. The average Bonchev–Trinajstić information content (AvgIpc) is 3.20. The second kappa shape index (κ2) is 6.64. The Hall–Kier alpha value is -3.24. The van der Waals surface area contributed by atoms with Crippen molar-refractivity contribution in [1.29, 1.82) is 0 Å². The van der Waals surface area contributed by atoms with E-state index in [0.717, 1.165) is 0 Å². The summed E-state index contributed by atoms with van der Waals surface area (Å²) in [5.41, 5.74) is 2.71. The lowest BCUT2D eigenvalue weighted by molar-refractivity contribution is -0.0794. The lowest BCUT2D eigenvalue weighted by atomic mass is 9.88. The molecule has 0 aromatic carbocycles. The molecule has 30 heavy (non-hydrogen) atoms. The normalized spacial score (nSPS) is 16.5. The molecule has 4 heterocycles. The summed E-state index contributed by atoms with van der Waals surface area (Å²) >= 11 is 0. The topological polar surface area (TPSA) is 84.3 Å². The van der Waals surface area contributed by atoms with Gasteiger partial charge in [0.1, 0.15) is 17.0 Å². The SMILES string of the molecule is Cc1nc2ccc(-c3c[nH]c4nc(NC5CC(F)(F)C5)ncc34)nc2n1CC(F)F. The van der Waals surface area contributed by atoms with Gasteiger partial charge in [0.25, 0.3) is 12.3 Å². The predicted molar refractivity (Wildman–Crippen MR) is 103 cm³/mol. The van der Waals surface area contributed by atoms with E-state index in [-0.39, 0.29) is 24.8 Å². The van der Waals surface area contributed by atoms with Gasteiger partial charge in [0, 0.05) is 42.2 Å². The number of aromatic amines is 1. The van der Waals surface area contributed by atoms with Gasteiger partial charge in [0.2, 0.25) is 5.95 Å². The van der Waals surface area contributed by atoms with Gasteiger partial charge in [-0.2, -0.15) is 4.98 Å². The number of hydrogen-bond acceptors (Lipinski definition) is 5. The summed E-state index contributed by atoms with van der Waals surface area (Å²) in [4.78, 5) is 20.4. The van der Waals surface area contributed by atoms with Crippen molar-refractivity contribution in [3.8, 4) is 11.3 Å². The zero-order chi connectivity index (χ0) is 21.0. The minimum atomic E-state index is -2.62. The maximum absolute atomic E-state index is 13.0. The summed E-state index contributed by atoms with van der Waals surface area (Å²) in [6.07, 6.45) is 0.297. The van der Waals surface area contributed by atoms with Crippen LogP contribution in [-0.4, -0.2) is 47.9 Å². The van der Waals surface area contributed by atoms with Gasteiger partial charge in [-0.1, -0.05) is 0 Å². The fraction of sp³-hybridized carbons (Fsp3) is 0.368. The molecule has 5 rings (SSSR count). The monoisotopic (exact) mass is 419 g/mol. The lowest BCUT2D eigenvalue weighted by Crippen LogP contribution is -2.44. The van der Waals surface area contributed by atoms with E-state index in [2.05, 4.69) is 30.2 Å². The third-order valence-electron chi connectivity index (χ3n) is 5.24. The quantitative estimate of drug-likeness (QED) is 0.475. The lowest BCUT2D eigenvalue weighted by Gasteiger charge is -2.35. The summed E-state index contributed by atoms with van der Waals surface area (Å²) in [6.45, 7) is 1.18. The molecular formula is C19H17F4N7. The minimum Gasteiger partial charge on any atom is -0.351 e. The van der Waals surface area contributed by atoms with Crippen molar-refractivity contribution in [2.75, 3.05) is 5.32 Å². The molecular weight excluding hydrogens is 402 g/mol. The second-order valence-corrected chi connectivity index (χ2v) is 7.46. The van der Waals surface area contributed by atoms with Crippen molar-refractivity contribution >= 4 is 28.1 Å². The van der Waals surface area contributed by atoms with Crippen molar-refractivity contribution < 1.29 is 17.6 Å². The molecule has 0 bridgehead atoms. The number of nitrogens with one attached hydrogen (secondary N) is 2. The number of fused-ring (bicyclic) bond motifs is 2. The number of halogens is 4. The molecule has 1 aliphatic carbocycles. The highest BCUT2D eigenvalue weighted by Gasteiger charge is 2.45. The Morgan fingerprint density at radius 2 is 2.03 bits per heavy atom. The summed E-state index contributed by atoms with van der Waals surface area (Å²) in [5.74, 6) is -1.89. The molecule has 0 aliphatic heterocycles. The Kier molecular flexibility index (Phi) is 4.16. The van der Waals surface area contributed by atoms with Gasteiger partial charge in [0.05, 0.1) is 12.2 Å². The Bertz CT molecular complexity index is 1240. The van der Waals surface area contributed by atoms with E-state index in [1.807, 2.05) is 0 Å². The molecule has 1 saturated carbocycles. The fourth-order valence-corrected chi connectivity index (χ4v) is 3.76. The fourth-order valence-electron chi connectivity index (χ4n) is 3.76. The maximum atomic E-state index is 13.0. The number of imidazole rings is 1. The highest BCUT2D eigenvalue weighted by molar-refractivity contribution is 5.93. The number of hydrogen-bond donors (Lipinski definition) is 2. The van der Waals surface area contributed by atoms with Crippen LogP contribution in [0, 0.1) is 6.92 Å². The highest BCUT2D eigenvalue weighted by atomic mass is 19.3. The summed E-state index contributed by atoms with van der Waals surface area (Å²) < 4.78 is 53.3. The first-order valence-corrected chi connectivity index (χ1v) is 9.40. The molecule has 7 nitrogen and oxygen atoms in total. The van der Waals surface area contributed by atoms with Crippen LogP contribution < -0.4 is 5.32 Å². The number of aromatic nitrogens is 6. The van der Waals surface area contributed by atoms with Crippen molar-refractivity contribution in [2.24, 2.45) is 0 Å². The third kappa shape index (κ3) is 3.23. The maximum Gasteiger partial charge on any atom is 0.256 e. The zero-order valence-corrected chi connectivity index (χ0v) is 15.8. The number of alkyl halides is 4. The van der Waals surface area contributed by atoms with Gasteiger partial charge in [-0.15, -0.1) is 0 Å². The van der Waals surface area contributed by atoms with Crippen LogP contribution in [0.4, 0.5) is 23.5 Å². The van der Waals surface area contributed by atoms with Crippen LogP contribution in [0.3, 0.4) is 0 Å². The second-order valence-electron chi connectivity index (χ2n) is 7.46. The van der Waals surface area contributed by atoms with E-state index in [4.69, 9.17) is 0 Å². The first kappa shape index (κ1) is 18.8. The summed E-state index contributed by atoms with van der Waals surface area (Å²) in [6, 6.07) is 3.14. The Morgan fingerprint density at radius 3 is 2.77 bits per heavy atom. The molecule has 0 amide bonds. The number of aryl methyl sites for hydroxylation is 1. The van der Waals surface area contributed by atoms with Crippen molar-refractivity contribution in [3.05, 3.63) is 30.4 Å². The zero-order valence-electron chi connectivity index (χ0n) is 15.8. The molecule has 0 atom stereocenters. The smallest absolute Gasteiger partial charge is 0.256 e. The number of nitrogens with zero attached hydrogens (tertiary/aromatic N) is 5. The van der Waals surface area contributed by atoms with E-state index in [0.29, 0.717) is 39.3 Å². The standard InChI is InChI=1S/C19H17F4N7/c1-9-26-14-3-2-13(28-17(14)30(9)8-15(20)21)11-6-24-16-12(11)7-25-18(29-16)27-10-4-19(22,23)5-10/h2-3,6-7,10,15H,4-5,8H2,1H3,(H2,24,25,27,29). The Morgan fingerprint density at radius 1 is 1.23 bits per heavy atom. The molecule has 1 aliphatic rings. The molecule has 0 saturated heterocycles. The third-order valence-corrected chi connectivity index (χ3v) is 5.24. The molecule has 0 radical (unpaired) electrons. The van der Waals surface area contributed by atoms with Gasteiger partial charge < -0.3 is 14.9 Å². The number of H-pyrrole nitrogens is 1. The molecule has 0 spiro atoms. The van der Waals surface area contributed by atoms with Gasteiger partial charge in [-0.05, 0) is 19.1 Å². The summed E-state index contributed by atoms with van der Waals surface area (Å²) in [5, 5.41) is 3.59. The first-order chi connectivity index (χ1) is 14.3. The van der Waals surface area contributed by atoms with Crippen molar-refractivity contribution in [2.45, 2.75) is 44.7 Å². The largest absolute Gasteiger partial charge is 0.351 e. The molecule has 2 N–H and O–H groups in total. The van der Waals surface area contributed by atoms with Gasteiger partial charge >= 0.3 is 0 Å². The Labute approximate surface area is 167 Å². The van der Waals surface area contributed by atoms with E-state index in [9.17, 15) is 17.6 Å². The van der Waals surface area contributed by atoms with Crippen LogP contribution in [-0.2, 0) is 6.54 Å². The number of anilines is 1. The van der Waals surface area contributed by atoms with Crippen LogP contribution in [0.1, 0.15) is 18.7 Å². The van der Waals surface area contributed by atoms with Gasteiger partial charge in [-0.25, -0.2) is 32.5 Å². The molecule has 1 fully saturated rings. The summed E-state index contributed by atoms with van der Waals surface area (Å²) in [7, 11) is 0. The predicted octanol–water partition coefficient (Wildman–Crippen LogP) is 4.15. The number of pyridine rings is 1. The van der Waals surface area contributed by atoms with E-state index < -0.39 is 18.9 Å². The first-order valence-electron chi connectivity index (χ1n) is 9.40. The van der Waals surface area contributed by atoms with Gasteiger partial charge in [0.15, 0.2) is 5.65 Å². The molecule has 156 valence electrons. The molecule has 11 heteroatoms.